The van der Waals surface area contributed by atoms with Gasteiger partial charge in [0, 0.05) is 69.1 Å². The van der Waals surface area contributed by atoms with Gasteiger partial charge in [-0.3, -0.25) is 14.6 Å². The minimum atomic E-state index is 0. The summed E-state index contributed by atoms with van der Waals surface area (Å²) in [7, 11) is 3.78. The molecule has 6 nitrogen and oxygen atoms in total. The molecule has 2 heterocycles. The highest BCUT2D eigenvalue weighted by Crippen LogP contribution is 2.23. The van der Waals surface area contributed by atoms with E-state index in [4.69, 9.17) is 0 Å². The van der Waals surface area contributed by atoms with Gasteiger partial charge in [-0.05, 0) is 24.6 Å². The first-order valence-corrected chi connectivity index (χ1v) is 9.78. The number of nitrogens with one attached hydrogen (secondary N) is 1. The zero-order valence-electron chi connectivity index (χ0n) is 16.1. The van der Waals surface area contributed by atoms with Crippen molar-refractivity contribution in [3.63, 3.8) is 0 Å². The smallest absolute Gasteiger partial charge is 0.194 e. The van der Waals surface area contributed by atoms with Gasteiger partial charge in [-0.1, -0.05) is 28.1 Å². The zero-order valence-corrected chi connectivity index (χ0v) is 20.0. The molecule has 0 saturated carbocycles. The second-order valence-electron chi connectivity index (χ2n) is 6.67. The molecule has 1 aromatic carbocycles. The van der Waals surface area contributed by atoms with Gasteiger partial charge >= 0.3 is 0 Å². The van der Waals surface area contributed by atoms with Crippen LogP contribution in [0.5, 0.6) is 0 Å². The maximum absolute atomic E-state index is 4.45. The van der Waals surface area contributed by atoms with Crippen molar-refractivity contribution in [2.24, 2.45) is 12.0 Å². The zero-order chi connectivity index (χ0) is 18.5. The van der Waals surface area contributed by atoms with E-state index in [0.29, 0.717) is 6.04 Å². The second-order valence-corrected chi connectivity index (χ2v) is 7.59. The number of hydrogen-bond donors (Lipinski definition) is 1. The van der Waals surface area contributed by atoms with E-state index in [2.05, 4.69) is 72.3 Å². The first-order valence-electron chi connectivity index (χ1n) is 8.99. The number of aromatic nitrogens is 2. The summed E-state index contributed by atoms with van der Waals surface area (Å²) in [4.78, 5) is 9.32. The van der Waals surface area contributed by atoms with Gasteiger partial charge in [0.25, 0.3) is 0 Å². The number of aryl methyl sites for hydroxylation is 1. The summed E-state index contributed by atoms with van der Waals surface area (Å²) in [6.45, 7) is 7.06. The lowest BCUT2D eigenvalue weighted by molar-refractivity contribution is 0.138. The highest BCUT2D eigenvalue weighted by Gasteiger charge is 2.23. The molecule has 1 aliphatic rings. The summed E-state index contributed by atoms with van der Waals surface area (Å²) in [6.07, 6.45) is 3.91. The Morgan fingerprint density at radius 1 is 1.22 bits per heavy atom. The predicted molar refractivity (Wildman–Crippen MR) is 125 cm³/mol. The van der Waals surface area contributed by atoms with Crippen molar-refractivity contribution in [3.8, 4) is 0 Å². The van der Waals surface area contributed by atoms with Crippen LogP contribution in [0.15, 0.2) is 46.1 Å². The molecule has 0 radical (unpaired) electrons. The SMILES string of the molecule is CN=C(NCc1cnn(C)c1)N1CCN(C(C)c2ccc(Br)cc2)CC1.I. The molecular weight excluding hydrogens is 519 g/mol. The molecule has 1 atom stereocenters. The molecule has 0 bridgehead atoms. The van der Waals surface area contributed by atoms with E-state index in [0.717, 1.165) is 48.7 Å². The number of guanidine groups is 1. The molecule has 27 heavy (non-hydrogen) atoms. The summed E-state index contributed by atoms with van der Waals surface area (Å²) in [5.74, 6) is 0.963. The topological polar surface area (TPSA) is 48.7 Å². The van der Waals surface area contributed by atoms with Crippen molar-refractivity contribution in [1.29, 1.82) is 0 Å². The van der Waals surface area contributed by atoms with E-state index >= 15 is 0 Å². The second kappa shape index (κ2) is 10.4. The van der Waals surface area contributed by atoms with Crippen molar-refractivity contribution >= 4 is 45.9 Å². The van der Waals surface area contributed by atoms with Crippen LogP contribution in [-0.4, -0.2) is 58.8 Å². The van der Waals surface area contributed by atoms with Gasteiger partial charge < -0.3 is 10.2 Å². The average molecular weight is 547 g/mol. The van der Waals surface area contributed by atoms with Crippen molar-refractivity contribution in [1.82, 2.24) is 24.9 Å². The summed E-state index contributed by atoms with van der Waals surface area (Å²) in [5, 5.41) is 7.66. The van der Waals surface area contributed by atoms with Crippen LogP contribution in [0.3, 0.4) is 0 Å². The molecule has 0 spiro atoms. The molecular formula is C19H28BrIN6. The van der Waals surface area contributed by atoms with Crippen LogP contribution in [-0.2, 0) is 13.6 Å². The third-order valence-corrected chi connectivity index (χ3v) is 5.46. The van der Waals surface area contributed by atoms with E-state index in [1.807, 2.05) is 31.2 Å². The summed E-state index contributed by atoms with van der Waals surface area (Å²) >= 11 is 3.51. The lowest BCUT2D eigenvalue weighted by Crippen LogP contribution is -2.52. The number of aliphatic imine (C=N–C) groups is 1. The van der Waals surface area contributed by atoms with Gasteiger partial charge in [0.15, 0.2) is 5.96 Å². The number of piperazine rings is 1. The van der Waals surface area contributed by atoms with Gasteiger partial charge in [-0.25, -0.2) is 0 Å². The van der Waals surface area contributed by atoms with E-state index in [1.165, 1.54) is 5.56 Å². The fraction of sp³-hybridized carbons (Fsp3) is 0.474. The van der Waals surface area contributed by atoms with Crippen molar-refractivity contribution in [2.45, 2.75) is 19.5 Å². The Hall–Kier alpha value is -1.13. The molecule has 148 valence electrons. The first-order chi connectivity index (χ1) is 12.6. The van der Waals surface area contributed by atoms with Crippen LogP contribution in [0.1, 0.15) is 24.1 Å². The maximum Gasteiger partial charge on any atom is 0.194 e. The Morgan fingerprint density at radius 3 is 2.44 bits per heavy atom. The van der Waals surface area contributed by atoms with E-state index in [-0.39, 0.29) is 24.0 Å². The van der Waals surface area contributed by atoms with E-state index in [9.17, 15) is 0 Å². The number of halogens is 2. The largest absolute Gasteiger partial charge is 0.352 e. The van der Waals surface area contributed by atoms with Crippen molar-refractivity contribution in [2.75, 3.05) is 33.2 Å². The van der Waals surface area contributed by atoms with Crippen LogP contribution < -0.4 is 5.32 Å². The highest BCUT2D eigenvalue weighted by molar-refractivity contribution is 14.0. The third-order valence-electron chi connectivity index (χ3n) is 4.93. The van der Waals surface area contributed by atoms with Crippen LogP contribution in [0.4, 0.5) is 0 Å². The van der Waals surface area contributed by atoms with Gasteiger partial charge in [0.05, 0.1) is 6.20 Å². The Kier molecular flexibility index (Phi) is 8.56. The fourth-order valence-corrected chi connectivity index (χ4v) is 3.61. The average Bonchev–Trinajstić information content (AvgIpc) is 3.08. The summed E-state index contributed by atoms with van der Waals surface area (Å²) in [5.41, 5.74) is 2.52. The number of benzene rings is 1. The molecule has 8 heteroatoms. The fourth-order valence-electron chi connectivity index (χ4n) is 3.35. The quantitative estimate of drug-likeness (QED) is 0.363. The predicted octanol–water partition coefficient (Wildman–Crippen LogP) is 3.25. The molecule has 1 saturated heterocycles. The van der Waals surface area contributed by atoms with Crippen LogP contribution in [0, 0.1) is 0 Å². The molecule has 0 aliphatic carbocycles. The monoisotopic (exact) mass is 546 g/mol. The summed E-state index contributed by atoms with van der Waals surface area (Å²) < 4.78 is 2.95. The number of rotatable bonds is 4. The van der Waals surface area contributed by atoms with E-state index in [1.54, 1.807) is 0 Å². The van der Waals surface area contributed by atoms with Gasteiger partial charge in [0.2, 0.25) is 0 Å². The molecule has 1 fully saturated rings. The molecule has 3 rings (SSSR count). The third kappa shape index (κ3) is 5.92. The number of hydrogen-bond acceptors (Lipinski definition) is 3. The maximum atomic E-state index is 4.45. The number of nitrogens with zero attached hydrogens (tertiary/aromatic N) is 5. The highest BCUT2D eigenvalue weighted by atomic mass is 127. The molecule has 1 aromatic heterocycles. The lowest BCUT2D eigenvalue weighted by Gasteiger charge is -2.39. The van der Waals surface area contributed by atoms with E-state index < -0.39 is 0 Å². The Balaban J connectivity index is 0.00000261. The Morgan fingerprint density at radius 2 is 1.89 bits per heavy atom. The molecule has 1 aliphatic heterocycles. The Labute approximate surface area is 187 Å². The molecule has 1 N–H and O–H groups in total. The first kappa shape index (κ1) is 22.2. The minimum absolute atomic E-state index is 0. The lowest BCUT2D eigenvalue weighted by atomic mass is 10.1. The van der Waals surface area contributed by atoms with Crippen molar-refractivity contribution < 1.29 is 0 Å². The minimum Gasteiger partial charge on any atom is -0.352 e. The molecule has 2 aromatic rings. The standard InChI is InChI=1S/C19H27BrN6.HI/c1-15(17-4-6-18(20)7-5-17)25-8-10-26(11-9-25)19(21-2)22-12-16-13-23-24(3)14-16;/h4-7,13-15H,8-12H2,1-3H3,(H,21,22);1H. The molecule has 0 amide bonds. The normalized spacial score (nSPS) is 16.7. The molecule has 1 unspecified atom stereocenters. The van der Waals surface area contributed by atoms with Crippen LogP contribution in [0.25, 0.3) is 0 Å². The van der Waals surface area contributed by atoms with Crippen molar-refractivity contribution in [3.05, 3.63) is 52.3 Å². The van der Waals surface area contributed by atoms with Crippen LogP contribution in [0.2, 0.25) is 0 Å². The van der Waals surface area contributed by atoms with Gasteiger partial charge in [0.1, 0.15) is 0 Å². The van der Waals surface area contributed by atoms with Gasteiger partial charge in [-0.15, -0.1) is 24.0 Å². The summed E-state index contributed by atoms with van der Waals surface area (Å²) in [6, 6.07) is 9.07. The van der Waals surface area contributed by atoms with Crippen LogP contribution >= 0.6 is 39.9 Å². The Bertz CT molecular complexity index is 737. The van der Waals surface area contributed by atoms with Gasteiger partial charge in [-0.2, -0.15) is 5.10 Å².